The van der Waals surface area contributed by atoms with E-state index in [4.69, 9.17) is 15.6 Å². The minimum atomic E-state index is -1.05. The van der Waals surface area contributed by atoms with Crippen molar-refractivity contribution in [3.63, 3.8) is 0 Å². The third kappa shape index (κ3) is 3.02. The van der Waals surface area contributed by atoms with E-state index in [1.807, 2.05) is 12.1 Å². The maximum Gasteiger partial charge on any atom is 0.339 e. The molecule has 18 heavy (non-hydrogen) atoms. The second-order valence-corrected chi connectivity index (χ2v) is 6.10. The Bertz CT molecular complexity index is 582. The summed E-state index contributed by atoms with van der Waals surface area (Å²) in [7, 11) is 0. The van der Waals surface area contributed by atoms with Gasteiger partial charge in [-0.25, -0.2) is 4.79 Å². The van der Waals surface area contributed by atoms with Gasteiger partial charge in [0.1, 0.15) is 17.9 Å². The van der Waals surface area contributed by atoms with Crippen LogP contribution in [-0.4, -0.2) is 11.1 Å². The highest BCUT2D eigenvalue weighted by Crippen LogP contribution is 2.26. The van der Waals surface area contributed by atoms with Crippen molar-refractivity contribution in [2.45, 2.75) is 6.61 Å². The molecule has 1 heterocycles. The third-order valence-corrected chi connectivity index (χ3v) is 3.83. The summed E-state index contributed by atoms with van der Waals surface area (Å²) in [6.07, 6.45) is 0. The van der Waals surface area contributed by atoms with Crippen LogP contribution in [0.5, 0.6) is 5.75 Å². The molecule has 2 aromatic rings. The highest BCUT2D eigenvalue weighted by Gasteiger charge is 2.12. The number of aromatic carboxylic acids is 1. The number of hydrogen-bond donors (Lipinski definition) is 2. The van der Waals surface area contributed by atoms with Crippen LogP contribution in [0.1, 0.15) is 15.2 Å². The van der Waals surface area contributed by atoms with Gasteiger partial charge in [-0.3, -0.25) is 0 Å². The number of halogens is 1. The van der Waals surface area contributed by atoms with Crippen LogP contribution in [0.15, 0.2) is 34.1 Å². The Balaban J connectivity index is 2.16. The van der Waals surface area contributed by atoms with E-state index in [1.165, 1.54) is 6.07 Å². The predicted octanol–water partition coefficient (Wildman–Crippen LogP) is 3.37. The van der Waals surface area contributed by atoms with Gasteiger partial charge in [-0.05, 0) is 46.3 Å². The van der Waals surface area contributed by atoms with Gasteiger partial charge < -0.3 is 15.6 Å². The highest BCUT2D eigenvalue weighted by molar-refractivity contribution is 9.11. The summed E-state index contributed by atoms with van der Waals surface area (Å²) in [5.41, 5.74) is 6.03. The standard InChI is InChI=1S/C12H10BrNO3S/c13-11-4-2-8(18-11)6-17-10-3-1-7(14)5-9(10)12(15)16/h1-5H,6,14H2,(H,15,16). The van der Waals surface area contributed by atoms with Crippen molar-refractivity contribution in [2.75, 3.05) is 5.73 Å². The summed E-state index contributed by atoms with van der Waals surface area (Å²) in [6, 6.07) is 8.42. The number of ether oxygens (including phenoxy) is 1. The van der Waals surface area contributed by atoms with Crippen molar-refractivity contribution in [3.8, 4) is 5.75 Å². The molecular formula is C12H10BrNO3S. The molecule has 0 radical (unpaired) electrons. The molecule has 0 amide bonds. The average Bonchev–Trinajstić information content (AvgIpc) is 2.73. The summed E-state index contributed by atoms with van der Waals surface area (Å²) >= 11 is 4.90. The molecule has 0 unspecified atom stereocenters. The first-order valence-electron chi connectivity index (χ1n) is 5.06. The lowest BCUT2D eigenvalue weighted by Crippen LogP contribution is -2.03. The number of carboxylic acid groups (broad SMARTS) is 1. The van der Waals surface area contributed by atoms with Gasteiger partial charge in [-0.1, -0.05) is 0 Å². The lowest BCUT2D eigenvalue weighted by molar-refractivity contribution is 0.0692. The van der Waals surface area contributed by atoms with Gasteiger partial charge >= 0.3 is 5.97 Å². The van der Waals surface area contributed by atoms with E-state index >= 15 is 0 Å². The van der Waals surface area contributed by atoms with Crippen LogP contribution in [0.25, 0.3) is 0 Å². The van der Waals surface area contributed by atoms with Gasteiger partial charge in [0.15, 0.2) is 0 Å². The number of nitrogens with two attached hydrogens (primary N) is 1. The zero-order chi connectivity index (χ0) is 13.1. The summed E-state index contributed by atoms with van der Waals surface area (Å²) in [4.78, 5) is 12.1. The molecule has 1 aromatic heterocycles. The molecule has 4 nitrogen and oxygen atoms in total. The van der Waals surface area contributed by atoms with E-state index in [-0.39, 0.29) is 5.56 Å². The van der Waals surface area contributed by atoms with E-state index in [0.717, 1.165) is 8.66 Å². The number of rotatable bonds is 4. The predicted molar refractivity (Wildman–Crippen MR) is 74.2 cm³/mol. The molecule has 0 aliphatic heterocycles. The molecule has 94 valence electrons. The van der Waals surface area contributed by atoms with Crippen LogP contribution in [-0.2, 0) is 6.61 Å². The van der Waals surface area contributed by atoms with Gasteiger partial charge in [-0.2, -0.15) is 0 Å². The van der Waals surface area contributed by atoms with Crippen molar-refractivity contribution in [1.82, 2.24) is 0 Å². The lowest BCUT2D eigenvalue weighted by atomic mass is 10.2. The molecule has 2 rings (SSSR count). The van der Waals surface area contributed by atoms with Crippen molar-refractivity contribution in [3.05, 3.63) is 44.6 Å². The fourth-order valence-corrected chi connectivity index (χ4v) is 2.82. The van der Waals surface area contributed by atoms with Gasteiger partial charge in [0.05, 0.1) is 3.79 Å². The average molecular weight is 328 g/mol. The van der Waals surface area contributed by atoms with Crippen LogP contribution in [0.2, 0.25) is 0 Å². The molecule has 6 heteroatoms. The number of thiophene rings is 1. The van der Waals surface area contributed by atoms with Gasteiger partial charge in [0, 0.05) is 10.6 Å². The highest BCUT2D eigenvalue weighted by atomic mass is 79.9. The van der Waals surface area contributed by atoms with E-state index in [9.17, 15) is 4.79 Å². The van der Waals surface area contributed by atoms with E-state index in [2.05, 4.69) is 15.9 Å². The van der Waals surface area contributed by atoms with Crippen LogP contribution in [0.4, 0.5) is 5.69 Å². The van der Waals surface area contributed by atoms with Crippen molar-refractivity contribution in [2.24, 2.45) is 0 Å². The molecule has 0 atom stereocenters. The number of anilines is 1. The molecule has 3 N–H and O–H groups in total. The van der Waals surface area contributed by atoms with Crippen LogP contribution in [0, 0.1) is 0 Å². The maximum atomic E-state index is 11.0. The molecule has 0 saturated heterocycles. The van der Waals surface area contributed by atoms with Gasteiger partial charge in [-0.15, -0.1) is 11.3 Å². The Kier molecular flexibility index (Phi) is 3.88. The van der Waals surface area contributed by atoms with Crippen LogP contribution < -0.4 is 10.5 Å². The number of nitrogen functional groups attached to an aromatic ring is 1. The summed E-state index contributed by atoms with van der Waals surface area (Å²) < 4.78 is 6.52. The minimum absolute atomic E-state index is 0.0746. The lowest BCUT2D eigenvalue weighted by Gasteiger charge is -2.08. The fourth-order valence-electron chi connectivity index (χ4n) is 1.42. The smallest absolute Gasteiger partial charge is 0.339 e. The molecule has 0 aliphatic rings. The fraction of sp³-hybridized carbons (Fsp3) is 0.0833. The first-order valence-corrected chi connectivity index (χ1v) is 6.67. The third-order valence-electron chi connectivity index (χ3n) is 2.23. The summed E-state index contributed by atoms with van der Waals surface area (Å²) in [6.45, 7) is 0.334. The van der Waals surface area contributed by atoms with Crippen molar-refractivity contribution in [1.29, 1.82) is 0 Å². The van der Waals surface area contributed by atoms with Gasteiger partial charge in [0.2, 0.25) is 0 Å². The Labute approximate surface area is 116 Å². The minimum Gasteiger partial charge on any atom is -0.487 e. The molecule has 0 saturated carbocycles. The number of carbonyl (C=O) groups is 1. The zero-order valence-electron chi connectivity index (χ0n) is 9.22. The Morgan fingerprint density at radius 2 is 2.17 bits per heavy atom. The molecule has 0 bridgehead atoms. The normalized spacial score (nSPS) is 10.3. The number of carboxylic acids is 1. The van der Waals surface area contributed by atoms with E-state index in [1.54, 1.807) is 23.5 Å². The largest absolute Gasteiger partial charge is 0.487 e. The second-order valence-electron chi connectivity index (χ2n) is 3.56. The molecule has 0 spiro atoms. The topological polar surface area (TPSA) is 72.5 Å². The quantitative estimate of drug-likeness (QED) is 0.844. The second kappa shape index (κ2) is 5.41. The van der Waals surface area contributed by atoms with Crippen molar-refractivity contribution >= 4 is 38.9 Å². The maximum absolute atomic E-state index is 11.0. The van der Waals surface area contributed by atoms with Gasteiger partial charge in [0.25, 0.3) is 0 Å². The summed E-state index contributed by atoms with van der Waals surface area (Å²) in [5.74, 6) is -0.731. The zero-order valence-corrected chi connectivity index (χ0v) is 11.6. The Morgan fingerprint density at radius 3 is 2.78 bits per heavy atom. The Morgan fingerprint density at radius 1 is 1.39 bits per heavy atom. The first-order chi connectivity index (χ1) is 8.56. The SMILES string of the molecule is Nc1ccc(OCc2ccc(Br)s2)c(C(=O)O)c1. The Hall–Kier alpha value is -1.53. The molecular weight excluding hydrogens is 318 g/mol. The first kappa shape index (κ1) is 12.9. The monoisotopic (exact) mass is 327 g/mol. The van der Waals surface area contributed by atoms with E-state index in [0.29, 0.717) is 18.0 Å². The van der Waals surface area contributed by atoms with Crippen molar-refractivity contribution < 1.29 is 14.6 Å². The van der Waals surface area contributed by atoms with Crippen LogP contribution in [0.3, 0.4) is 0 Å². The molecule has 0 aliphatic carbocycles. The number of benzene rings is 1. The molecule has 0 fully saturated rings. The number of hydrogen-bond acceptors (Lipinski definition) is 4. The van der Waals surface area contributed by atoms with E-state index < -0.39 is 5.97 Å². The summed E-state index contributed by atoms with van der Waals surface area (Å²) in [5, 5.41) is 9.05. The molecule has 1 aromatic carbocycles. The van der Waals surface area contributed by atoms with Crippen LogP contribution >= 0.6 is 27.3 Å².